The number of oxazole rings is 1. The van der Waals surface area contributed by atoms with Gasteiger partial charge in [-0.3, -0.25) is 0 Å². The molecule has 0 fully saturated rings. The van der Waals surface area contributed by atoms with Crippen LogP contribution in [0, 0.1) is 0 Å². The number of carbonyl (C=O) groups excluding carboxylic acids is 1. The molecule has 0 aliphatic heterocycles. The van der Waals surface area contributed by atoms with Gasteiger partial charge in [0.15, 0.2) is 12.2 Å². The molecule has 0 spiro atoms. The van der Waals surface area contributed by atoms with Crippen LogP contribution in [0.25, 0.3) is 22.6 Å². The molecular weight excluding hydrogens is 306 g/mol. The Kier molecular flexibility index (Phi) is 5.77. The van der Waals surface area contributed by atoms with Crippen LogP contribution in [0.1, 0.15) is 13.8 Å². The van der Waals surface area contributed by atoms with Gasteiger partial charge in [-0.15, -0.1) is 0 Å². The van der Waals surface area contributed by atoms with E-state index in [0.717, 1.165) is 28.9 Å². The maximum Gasteiger partial charge on any atom is 0.182 e. The first-order valence-electron chi connectivity index (χ1n) is 7.24. The van der Waals surface area contributed by atoms with Crippen LogP contribution in [0.3, 0.4) is 0 Å². The van der Waals surface area contributed by atoms with Crippen molar-refractivity contribution >= 4 is 18.9 Å². The lowest BCUT2D eigenvalue weighted by Crippen LogP contribution is -2.10. The van der Waals surface area contributed by atoms with Gasteiger partial charge in [0.1, 0.15) is 12.0 Å². The molecule has 4 heteroatoms. The van der Waals surface area contributed by atoms with E-state index in [9.17, 15) is 4.79 Å². The van der Waals surface area contributed by atoms with Crippen molar-refractivity contribution in [1.82, 2.24) is 4.98 Å². The molecule has 0 saturated carbocycles. The highest BCUT2D eigenvalue weighted by Crippen LogP contribution is 2.30. The lowest BCUT2D eigenvalue weighted by Gasteiger charge is -2.02. The predicted octanol–water partition coefficient (Wildman–Crippen LogP) is 4.90. The Morgan fingerprint density at radius 1 is 0.957 bits per heavy atom. The van der Waals surface area contributed by atoms with Gasteiger partial charge in [-0.1, -0.05) is 60.7 Å². The summed E-state index contributed by atoms with van der Waals surface area (Å²) in [5.74, 6) is 0.816. The number of aldehydes is 1. The molecule has 0 saturated heterocycles. The number of thiol groups is 1. The van der Waals surface area contributed by atoms with Crippen molar-refractivity contribution in [2.75, 3.05) is 0 Å². The number of carbonyl (C=O) groups is 1. The topological polar surface area (TPSA) is 43.1 Å². The summed E-state index contributed by atoms with van der Waals surface area (Å²) in [4.78, 5) is 14.0. The summed E-state index contributed by atoms with van der Waals surface area (Å²) in [7, 11) is 0. The zero-order valence-electron chi connectivity index (χ0n) is 13.1. The minimum atomic E-state index is -0.444. The van der Waals surface area contributed by atoms with E-state index in [-0.39, 0.29) is 0 Å². The smallest absolute Gasteiger partial charge is 0.182 e. The molecule has 1 heterocycles. The molecular formula is C19H19NO2S. The molecule has 1 aromatic heterocycles. The first kappa shape index (κ1) is 17.0. The normalized spacial score (nSPS) is 10.6. The van der Waals surface area contributed by atoms with E-state index in [0.29, 0.717) is 0 Å². The molecule has 0 radical (unpaired) electrons. The van der Waals surface area contributed by atoms with Crippen LogP contribution in [0.5, 0.6) is 0 Å². The van der Waals surface area contributed by atoms with Gasteiger partial charge in [-0.2, -0.15) is 12.6 Å². The van der Waals surface area contributed by atoms with Gasteiger partial charge in [-0.25, -0.2) is 4.98 Å². The van der Waals surface area contributed by atoms with Gasteiger partial charge < -0.3 is 9.21 Å². The zero-order valence-corrected chi connectivity index (χ0v) is 14.0. The van der Waals surface area contributed by atoms with Crippen LogP contribution >= 0.6 is 12.6 Å². The number of benzene rings is 2. The highest BCUT2D eigenvalue weighted by molar-refractivity contribution is 7.82. The van der Waals surface area contributed by atoms with Crippen LogP contribution < -0.4 is 0 Å². The highest BCUT2D eigenvalue weighted by atomic mass is 32.1. The molecule has 0 bridgehead atoms. The van der Waals surface area contributed by atoms with Gasteiger partial charge in [0, 0.05) is 11.1 Å². The molecule has 0 aliphatic carbocycles. The van der Waals surface area contributed by atoms with E-state index < -0.39 is 4.75 Å². The fourth-order valence-electron chi connectivity index (χ4n) is 1.84. The van der Waals surface area contributed by atoms with E-state index in [1.165, 1.54) is 6.39 Å². The maximum atomic E-state index is 9.75. The Balaban J connectivity index is 0.000000277. The molecule has 3 rings (SSSR count). The Morgan fingerprint density at radius 2 is 1.43 bits per heavy atom. The van der Waals surface area contributed by atoms with E-state index in [2.05, 4.69) is 17.6 Å². The minimum Gasteiger partial charge on any atom is -0.443 e. The third-order valence-corrected chi connectivity index (χ3v) is 3.04. The molecule has 0 atom stereocenters. The maximum absolute atomic E-state index is 9.75. The molecule has 0 amide bonds. The summed E-state index contributed by atoms with van der Waals surface area (Å²) in [5, 5.41) is 0. The van der Waals surface area contributed by atoms with Crippen LogP contribution in [0.4, 0.5) is 0 Å². The monoisotopic (exact) mass is 325 g/mol. The number of hydrogen-bond acceptors (Lipinski definition) is 4. The third-order valence-electron chi connectivity index (χ3n) is 2.94. The zero-order chi connectivity index (χ0) is 16.7. The van der Waals surface area contributed by atoms with Crippen molar-refractivity contribution in [3.05, 3.63) is 67.1 Å². The summed E-state index contributed by atoms with van der Waals surface area (Å²) in [5.41, 5.74) is 3.00. The Hall–Kier alpha value is -2.33. The molecule has 118 valence electrons. The number of nitrogens with zero attached hydrogens (tertiary/aromatic N) is 1. The Bertz CT molecular complexity index is 677. The Morgan fingerprint density at radius 3 is 1.91 bits per heavy atom. The lowest BCUT2D eigenvalue weighted by atomic mass is 10.1. The molecule has 2 aromatic carbocycles. The van der Waals surface area contributed by atoms with Crippen LogP contribution in [-0.2, 0) is 4.79 Å². The molecule has 0 N–H and O–H groups in total. The first-order chi connectivity index (χ1) is 11.0. The van der Waals surface area contributed by atoms with Crippen LogP contribution in [-0.4, -0.2) is 16.0 Å². The van der Waals surface area contributed by atoms with Crippen molar-refractivity contribution in [1.29, 1.82) is 0 Å². The van der Waals surface area contributed by atoms with Crippen molar-refractivity contribution in [3.8, 4) is 22.6 Å². The average molecular weight is 325 g/mol. The fourth-order valence-corrected chi connectivity index (χ4v) is 1.84. The standard InChI is InChI=1S/C15H11NO.C4H8OS/c1-3-7-12(8-4-1)14-15(17-11-16-14)13-9-5-2-6-10-13;1-4(2,6)3-5/h1-11H;3,6H,1-2H3. The van der Waals surface area contributed by atoms with Crippen molar-refractivity contribution in [2.24, 2.45) is 0 Å². The summed E-state index contributed by atoms with van der Waals surface area (Å²) < 4.78 is 5.05. The van der Waals surface area contributed by atoms with E-state index in [1.54, 1.807) is 13.8 Å². The number of rotatable bonds is 3. The average Bonchev–Trinajstić information content (AvgIpc) is 3.06. The minimum absolute atomic E-state index is 0.444. The quantitative estimate of drug-likeness (QED) is 0.550. The van der Waals surface area contributed by atoms with Crippen LogP contribution in [0.15, 0.2) is 71.5 Å². The van der Waals surface area contributed by atoms with Crippen molar-refractivity contribution < 1.29 is 9.21 Å². The predicted molar refractivity (Wildman–Crippen MR) is 96.5 cm³/mol. The van der Waals surface area contributed by atoms with Crippen molar-refractivity contribution in [2.45, 2.75) is 18.6 Å². The lowest BCUT2D eigenvalue weighted by molar-refractivity contribution is -0.109. The fraction of sp³-hybridized carbons (Fsp3) is 0.158. The van der Waals surface area contributed by atoms with E-state index >= 15 is 0 Å². The van der Waals surface area contributed by atoms with Gasteiger partial charge in [-0.05, 0) is 13.8 Å². The highest BCUT2D eigenvalue weighted by Gasteiger charge is 2.11. The summed E-state index contributed by atoms with van der Waals surface area (Å²) in [6, 6.07) is 20.1. The van der Waals surface area contributed by atoms with E-state index in [4.69, 9.17) is 4.42 Å². The number of hydrogen-bond donors (Lipinski definition) is 1. The van der Waals surface area contributed by atoms with Crippen molar-refractivity contribution in [3.63, 3.8) is 0 Å². The Labute approximate surface area is 141 Å². The van der Waals surface area contributed by atoms with Gasteiger partial charge in [0.05, 0.1) is 4.75 Å². The van der Waals surface area contributed by atoms with Gasteiger partial charge in [0.2, 0.25) is 0 Å². The summed E-state index contributed by atoms with van der Waals surface area (Å²) >= 11 is 3.89. The molecule has 0 aliphatic rings. The first-order valence-corrected chi connectivity index (χ1v) is 7.69. The second kappa shape index (κ2) is 7.79. The van der Waals surface area contributed by atoms with Gasteiger partial charge in [0.25, 0.3) is 0 Å². The number of aromatic nitrogens is 1. The summed E-state index contributed by atoms with van der Waals surface area (Å²) in [6.07, 6.45) is 2.29. The molecule has 23 heavy (non-hydrogen) atoms. The third kappa shape index (κ3) is 5.11. The van der Waals surface area contributed by atoms with E-state index in [1.807, 2.05) is 60.7 Å². The largest absolute Gasteiger partial charge is 0.443 e. The van der Waals surface area contributed by atoms with Gasteiger partial charge >= 0.3 is 0 Å². The second-order valence-electron chi connectivity index (χ2n) is 5.53. The second-order valence-corrected chi connectivity index (χ2v) is 6.69. The van der Waals surface area contributed by atoms with Crippen LogP contribution in [0.2, 0.25) is 0 Å². The molecule has 0 unspecified atom stereocenters. The molecule has 3 aromatic rings. The molecule has 3 nitrogen and oxygen atoms in total. The SMILES string of the molecule is CC(C)(S)C=O.c1ccc(-c2ncoc2-c2ccccc2)cc1. The summed E-state index contributed by atoms with van der Waals surface area (Å²) in [6.45, 7) is 3.48.